The minimum atomic E-state index is 0.573. The van der Waals surface area contributed by atoms with Gasteiger partial charge in [0.15, 0.2) is 0 Å². The third-order valence-electron chi connectivity index (χ3n) is 8.17. The lowest BCUT2D eigenvalue weighted by atomic mass is 9.98. The van der Waals surface area contributed by atoms with Gasteiger partial charge in [0, 0.05) is 47.9 Å². The summed E-state index contributed by atoms with van der Waals surface area (Å²) in [6.45, 7) is 7.85. The zero-order valence-corrected chi connectivity index (χ0v) is 24.4. The van der Waals surface area contributed by atoms with Gasteiger partial charge in [0.2, 0.25) is 0 Å². The molecule has 0 atom stereocenters. The van der Waals surface area contributed by atoms with E-state index in [1.54, 1.807) is 6.33 Å². The summed E-state index contributed by atoms with van der Waals surface area (Å²) < 4.78 is 6.25. The number of rotatable bonds is 12. The van der Waals surface area contributed by atoms with Gasteiger partial charge in [0.1, 0.15) is 17.9 Å². The summed E-state index contributed by atoms with van der Waals surface area (Å²) in [5, 5.41) is 9.36. The van der Waals surface area contributed by atoms with E-state index < -0.39 is 0 Å². The van der Waals surface area contributed by atoms with E-state index in [-0.39, 0.29) is 0 Å². The summed E-state index contributed by atoms with van der Waals surface area (Å²) in [6, 6.07) is 27.3. The van der Waals surface area contributed by atoms with E-state index in [9.17, 15) is 0 Å². The molecule has 0 unspecified atom stereocenters. The Morgan fingerprint density at radius 3 is 2.55 bits per heavy atom. The minimum Gasteiger partial charge on any atom is -0.493 e. The lowest BCUT2D eigenvalue weighted by Crippen LogP contribution is -2.38. The maximum Gasteiger partial charge on any atom is 0.137 e. The maximum absolute atomic E-state index is 6.25. The van der Waals surface area contributed by atoms with Crippen LogP contribution < -0.4 is 15.4 Å². The van der Waals surface area contributed by atoms with Crippen molar-refractivity contribution in [3.05, 3.63) is 96.4 Å². The van der Waals surface area contributed by atoms with Crippen molar-refractivity contribution < 1.29 is 4.74 Å². The van der Waals surface area contributed by atoms with Crippen molar-refractivity contribution in [2.24, 2.45) is 5.92 Å². The van der Waals surface area contributed by atoms with Gasteiger partial charge in [-0.3, -0.25) is 4.98 Å². The Labute approximate surface area is 248 Å². The van der Waals surface area contributed by atoms with E-state index >= 15 is 0 Å². The number of ether oxygens (including phenoxy) is 1. The van der Waals surface area contributed by atoms with Crippen LogP contribution in [0, 0.1) is 12.8 Å². The van der Waals surface area contributed by atoms with Gasteiger partial charge >= 0.3 is 0 Å². The van der Waals surface area contributed by atoms with Gasteiger partial charge in [-0.25, -0.2) is 9.97 Å². The molecule has 3 aromatic carbocycles. The molecular formula is C35H40N6O. The maximum atomic E-state index is 6.25. The topological polar surface area (TPSA) is 75.2 Å². The van der Waals surface area contributed by atoms with Crippen LogP contribution in [0.1, 0.15) is 30.5 Å². The molecule has 0 aliphatic carbocycles. The average molecular weight is 561 g/mol. The predicted molar refractivity (Wildman–Crippen MR) is 172 cm³/mol. The van der Waals surface area contributed by atoms with Gasteiger partial charge in [-0.15, -0.1) is 0 Å². The largest absolute Gasteiger partial charge is 0.493 e. The van der Waals surface area contributed by atoms with Crippen LogP contribution in [0.25, 0.3) is 21.8 Å². The highest BCUT2D eigenvalue weighted by Gasteiger charge is 2.20. The van der Waals surface area contributed by atoms with Crippen LogP contribution in [0.5, 0.6) is 5.75 Å². The van der Waals surface area contributed by atoms with E-state index in [0.29, 0.717) is 5.92 Å². The standard InChI is InChI=1S/C35H40N6O/c1-26-22-33(30-11-5-6-12-32(30)40-26)36-18-21-41-19-15-28(16-20-41)24-42-29-13-14-31-34(23-29)38-25-39-35(31)37-17-7-10-27-8-3-2-4-9-27/h2-6,8-9,11-14,22-23,25,28H,7,10,15-21,24H2,1H3,(H,36,40)(H,37,38,39). The van der Waals surface area contributed by atoms with E-state index in [1.807, 2.05) is 18.2 Å². The summed E-state index contributed by atoms with van der Waals surface area (Å²) >= 11 is 0. The Balaban J connectivity index is 0.936. The van der Waals surface area contributed by atoms with Crippen LogP contribution in [-0.2, 0) is 6.42 Å². The highest BCUT2D eigenvalue weighted by atomic mass is 16.5. The Kier molecular flexibility index (Phi) is 9.05. The van der Waals surface area contributed by atoms with Crippen LogP contribution in [0.2, 0.25) is 0 Å². The molecule has 6 rings (SSSR count). The molecule has 7 heteroatoms. The molecule has 0 amide bonds. The normalized spacial score (nSPS) is 14.3. The van der Waals surface area contributed by atoms with Crippen LogP contribution in [0.3, 0.4) is 0 Å². The molecule has 0 bridgehead atoms. The Morgan fingerprint density at radius 1 is 0.833 bits per heavy atom. The monoisotopic (exact) mass is 560 g/mol. The number of hydrogen-bond acceptors (Lipinski definition) is 7. The molecule has 42 heavy (non-hydrogen) atoms. The molecule has 0 saturated carbocycles. The first-order valence-electron chi connectivity index (χ1n) is 15.2. The molecule has 1 fully saturated rings. The van der Waals surface area contributed by atoms with Gasteiger partial charge in [0.25, 0.3) is 0 Å². The van der Waals surface area contributed by atoms with Crippen LogP contribution >= 0.6 is 0 Å². The number of nitrogens with zero attached hydrogens (tertiary/aromatic N) is 4. The molecule has 1 aliphatic heterocycles. The zero-order chi connectivity index (χ0) is 28.6. The van der Waals surface area contributed by atoms with Crippen molar-refractivity contribution in [3.63, 3.8) is 0 Å². The highest BCUT2D eigenvalue weighted by molar-refractivity contribution is 5.91. The molecule has 216 valence electrons. The third kappa shape index (κ3) is 7.15. The molecule has 5 aromatic rings. The number of aryl methyl sites for hydroxylation is 2. The minimum absolute atomic E-state index is 0.573. The van der Waals surface area contributed by atoms with E-state index in [1.165, 1.54) is 16.6 Å². The van der Waals surface area contributed by atoms with Crippen LogP contribution in [-0.4, -0.2) is 59.2 Å². The quantitative estimate of drug-likeness (QED) is 0.164. The number of pyridine rings is 1. The molecule has 1 aliphatic rings. The molecule has 2 N–H and O–H groups in total. The molecular weight excluding hydrogens is 520 g/mol. The van der Waals surface area contributed by atoms with Crippen molar-refractivity contribution in [2.75, 3.05) is 50.0 Å². The van der Waals surface area contributed by atoms with Gasteiger partial charge < -0.3 is 20.3 Å². The predicted octanol–water partition coefficient (Wildman–Crippen LogP) is 6.73. The SMILES string of the molecule is Cc1cc(NCCN2CCC(COc3ccc4c(NCCCc5ccccc5)ncnc4c3)CC2)c2ccccc2n1. The summed E-state index contributed by atoms with van der Waals surface area (Å²) in [5.41, 5.74) is 5.54. The number of hydrogen-bond donors (Lipinski definition) is 2. The van der Waals surface area contributed by atoms with E-state index in [2.05, 4.69) is 98.1 Å². The van der Waals surface area contributed by atoms with Gasteiger partial charge in [-0.05, 0) is 81.4 Å². The second-order valence-corrected chi connectivity index (χ2v) is 11.3. The molecule has 2 aromatic heterocycles. The number of fused-ring (bicyclic) bond motifs is 2. The van der Waals surface area contributed by atoms with E-state index in [4.69, 9.17) is 4.74 Å². The first-order valence-corrected chi connectivity index (χ1v) is 15.2. The highest BCUT2D eigenvalue weighted by Crippen LogP contribution is 2.26. The lowest BCUT2D eigenvalue weighted by molar-refractivity contribution is 0.145. The lowest BCUT2D eigenvalue weighted by Gasteiger charge is -2.32. The number of para-hydroxylation sites is 1. The first kappa shape index (κ1) is 27.9. The fourth-order valence-electron chi connectivity index (χ4n) is 5.81. The molecule has 1 saturated heterocycles. The number of anilines is 2. The second kappa shape index (κ2) is 13.6. The number of aromatic nitrogens is 3. The van der Waals surface area contributed by atoms with Gasteiger partial charge in [-0.1, -0.05) is 48.5 Å². The van der Waals surface area contributed by atoms with Crippen molar-refractivity contribution in [1.82, 2.24) is 19.9 Å². The zero-order valence-electron chi connectivity index (χ0n) is 24.4. The molecule has 3 heterocycles. The van der Waals surface area contributed by atoms with Crippen molar-refractivity contribution >= 4 is 33.3 Å². The molecule has 0 spiro atoms. The van der Waals surface area contributed by atoms with Crippen molar-refractivity contribution in [3.8, 4) is 5.75 Å². The number of piperidine rings is 1. The Bertz CT molecular complexity index is 1600. The smallest absolute Gasteiger partial charge is 0.137 e. The number of nitrogens with one attached hydrogen (secondary N) is 2. The summed E-state index contributed by atoms with van der Waals surface area (Å²) in [7, 11) is 0. The molecule has 7 nitrogen and oxygen atoms in total. The summed E-state index contributed by atoms with van der Waals surface area (Å²) in [6.07, 6.45) is 6.05. The fraction of sp³-hybridized carbons (Fsp3) is 0.343. The number of likely N-dealkylation sites (tertiary alicyclic amines) is 1. The van der Waals surface area contributed by atoms with E-state index in [0.717, 1.165) is 98.7 Å². The van der Waals surface area contributed by atoms with Crippen molar-refractivity contribution in [1.29, 1.82) is 0 Å². The number of benzene rings is 3. The fourth-order valence-corrected chi connectivity index (χ4v) is 5.81. The Hall–Kier alpha value is -4.23. The van der Waals surface area contributed by atoms with Crippen molar-refractivity contribution in [2.45, 2.75) is 32.6 Å². The summed E-state index contributed by atoms with van der Waals surface area (Å²) in [4.78, 5) is 16.2. The molecule has 0 radical (unpaired) electrons. The average Bonchev–Trinajstić information content (AvgIpc) is 3.03. The third-order valence-corrected chi connectivity index (χ3v) is 8.17. The summed E-state index contributed by atoms with van der Waals surface area (Å²) in [5.74, 6) is 2.33. The van der Waals surface area contributed by atoms with Gasteiger partial charge in [-0.2, -0.15) is 0 Å². The van der Waals surface area contributed by atoms with Crippen LogP contribution in [0.15, 0.2) is 85.2 Å². The Morgan fingerprint density at radius 2 is 1.67 bits per heavy atom. The first-order chi connectivity index (χ1) is 20.7. The van der Waals surface area contributed by atoms with Gasteiger partial charge in [0.05, 0.1) is 17.6 Å². The second-order valence-electron chi connectivity index (χ2n) is 11.3. The van der Waals surface area contributed by atoms with Crippen LogP contribution in [0.4, 0.5) is 11.5 Å².